The van der Waals surface area contributed by atoms with Gasteiger partial charge >= 0.3 is 0 Å². The quantitative estimate of drug-likeness (QED) is 0.723. The lowest BCUT2D eigenvalue weighted by molar-refractivity contribution is -0.131. The third kappa shape index (κ3) is 6.96. The molecule has 1 N–H and O–H groups in total. The summed E-state index contributed by atoms with van der Waals surface area (Å²) in [5.41, 5.74) is 0.731. The number of nitrogens with zero attached hydrogens (tertiary/aromatic N) is 2. The van der Waals surface area contributed by atoms with Crippen LogP contribution in [0.3, 0.4) is 0 Å². The molecule has 0 aliphatic heterocycles. The van der Waals surface area contributed by atoms with E-state index in [1.807, 2.05) is 19.9 Å². The number of hydrogen-bond donors (Lipinski definition) is 1. The predicted molar refractivity (Wildman–Crippen MR) is 94.1 cm³/mol. The number of nitriles is 1. The fraction of sp³-hybridized carbons (Fsp3) is 0.389. The van der Waals surface area contributed by atoms with Crippen molar-refractivity contribution in [1.29, 1.82) is 5.26 Å². The van der Waals surface area contributed by atoms with Gasteiger partial charge in [0.25, 0.3) is 0 Å². The van der Waals surface area contributed by atoms with E-state index in [1.165, 1.54) is 18.1 Å². The Balaban J connectivity index is 2.72. The van der Waals surface area contributed by atoms with Gasteiger partial charge in [0.15, 0.2) is 18.1 Å². The van der Waals surface area contributed by atoms with Gasteiger partial charge in [-0.1, -0.05) is 6.07 Å². The molecule has 7 heteroatoms. The number of hydrogen-bond acceptors (Lipinski definition) is 5. The third-order valence-corrected chi connectivity index (χ3v) is 3.10. The number of rotatable bonds is 8. The summed E-state index contributed by atoms with van der Waals surface area (Å²) in [5.74, 6) is 0.423. The zero-order valence-corrected chi connectivity index (χ0v) is 14.9. The molecule has 0 aromatic heterocycles. The maximum atomic E-state index is 12.1. The van der Waals surface area contributed by atoms with Crippen LogP contribution in [0.2, 0.25) is 0 Å². The number of carbonyl (C=O) groups is 2. The van der Waals surface area contributed by atoms with Gasteiger partial charge in [-0.15, -0.1) is 0 Å². The van der Waals surface area contributed by atoms with Crippen molar-refractivity contribution in [2.45, 2.75) is 19.9 Å². The van der Waals surface area contributed by atoms with E-state index in [0.717, 1.165) is 5.56 Å². The maximum Gasteiger partial charge on any atom is 0.246 e. The van der Waals surface area contributed by atoms with Gasteiger partial charge in [-0.05, 0) is 37.6 Å². The lowest BCUT2D eigenvalue weighted by Gasteiger charge is -2.16. The average molecular weight is 345 g/mol. The smallest absolute Gasteiger partial charge is 0.246 e. The molecule has 0 heterocycles. The zero-order valence-electron chi connectivity index (χ0n) is 14.9. The molecule has 0 radical (unpaired) electrons. The van der Waals surface area contributed by atoms with Crippen LogP contribution in [0.15, 0.2) is 24.3 Å². The first-order valence-electron chi connectivity index (χ1n) is 7.77. The molecule has 1 aromatic rings. The fourth-order valence-corrected chi connectivity index (χ4v) is 1.97. The highest BCUT2D eigenvalue weighted by Gasteiger charge is 2.11. The van der Waals surface area contributed by atoms with Gasteiger partial charge in [0.05, 0.1) is 13.7 Å². The molecule has 1 aromatic carbocycles. The Morgan fingerprint density at radius 3 is 2.68 bits per heavy atom. The van der Waals surface area contributed by atoms with Crippen LogP contribution in [0.5, 0.6) is 11.5 Å². The van der Waals surface area contributed by atoms with Crippen molar-refractivity contribution in [1.82, 2.24) is 10.2 Å². The van der Waals surface area contributed by atoms with E-state index in [0.29, 0.717) is 11.5 Å². The highest BCUT2D eigenvalue weighted by molar-refractivity contribution is 5.94. The molecule has 2 amide bonds. The molecular weight excluding hydrogens is 322 g/mol. The topological polar surface area (TPSA) is 91.7 Å². The Kier molecular flexibility index (Phi) is 8.00. The fourth-order valence-electron chi connectivity index (χ4n) is 1.97. The lowest BCUT2D eigenvalue weighted by Crippen LogP contribution is -2.40. The van der Waals surface area contributed by atoms with Crippen LogP contribution >= 0.6 is 0 Å². The zero-order chi connectivity index (χ0) is 18.8. The number of likely N-dealkylation sites (N-methyl/N-ethyl adjacent to an activating group) is 1. The molecule has 1 rings (SSSR count). The first-order valence-corrected chi connectivity index (χ1v) is 7.77. The van der Waals surface area contributed by atoms with E-state index >= 15 is 0 Å². The summed E-state index contributed by atoms with van der Waals surface area (Å²) in [6.45, 7) is 3.63. The van der Waals surface area contributed by atoms with Crippen LogP contribution in [-0.4, -0.2) is 50.1 Å². The van der Waals surface area contributed by atoms with Crippen molar-refractivity contribution in [3.63, 3.8) is 0 Å². The number of nitrogens with one attached hydrogen (secondary N) is 1. The number of amides is 2. The number of methoxy groups -OCH3 is 1. The Morgan fingerprint density at radius 1 is 1.36 bits per heavy atom. The van der Waals surface area contributed by atoms with Crippen molar-refractivity contribution >= 4 is 17.9 Å². The molecule has 0 saturated carbocycles. The minimum absolute atomic E-state index is 0.00832. The largest absolute Gasteiger partial charge is 0.493 e. The van der Waals surface area contributed by atoms with Crippen LogP contribution < -0.4 is 14.8 Å². The van der Waals surface area contributed by atoms with Crippen LogP contribution in [-0.2, 0) is 9.59 Å². The van der Waals surface area contributed by atoms with Crippen molar-refractivity contribution < 1.29 is 19.1 Å². The van der Waals surface area contributed by atoms with E-state index < -0.39 is 0 Å². The molecule has 0 unspecified atom stereocenters. The van der Waals surface area contributed by atoms with Gasteiger partial charge < -0.3 is 19.7 Å². The minimum Gasteiger partial charge on any atom is -0.493 e. The molecule has 0 saturated heterocycles. The number of ether oxygens (including phenoxy) is 2. The van der Waals surface area contributed by atoms with Crippen molar-refractivity contribution in [2.24, 2.45) is 0 Å². The number of benzene rings is 1. The highest BCUT2D eigenvalue weighted by Crippen LogP contribution is 2.28. The van der Waals surface area contributed by atoms with E-state index in [2.05, 4.69) is 5.32 Å². The van der Waals surface area contributed by atoms with E-state index in [-0.39, 0.29) is 31.0 Å². The first kappa shape index (κ1) is 20.0. The molecule has 0 aliphatic rings. The van der Waals surface area contributed by atoms with Gasteiger partial charge in [0.2, 0.25) is 11.8 Å². The highest BCUT2D eigenvalue weighted by atomic mass is 16.5. The van der Waals surface area contributed by atoms with Crippen molar-refractivity contribution in [2.75, 3.05) is 27.3 Å². The summed E-state index contributed by atoms with van der Waals surface area (Å²) in [7, 11) is 3.06. The van der Waals surface area contributed by atoms with Crippen LogP contribution in [0.25, 0.3) is 6.08 Å². The Bertz CT molecular complexity index is 677. The molecule has 0 aliphatic carbocycles. The summed E-state index contributed by atoms with van der Waals surface area (Å²) in [6.07, 6.45) is 3.00. The molecule has 0 bridgehead atoms. The van der Waals surface area contributed by atoms with Crippen LogP contribution in [0.1, 0.15) is 19.4 Å². The standard InChI is InChI=1S/C18H23N3O4/c1-13(2)20-17(22)12-21(3)18(23)8-6-14-5-7-15(25-10-9-19)16(11-14)24-4/h5-8,11,13H,10,12H2,1-4H3,(H,20,22)/b8-6+. The van der Waals surface area contributed by atoms with E-state index in [4.69, 9.17) is 14.7 Å². The summed E-state index contributed by atoms with van der Waals surface area (Å²) < 4.78 is 10.5. The second-order valence-corrected chi connectivity index (χ2v) is 5.61. The van der Waals surface area contributed by atoms with Gasteiger partial charge in [-0.3, -0.25) is 9.59 Å². The normalized spacial score (nSPS) is 10.4. The van der Waals surface area contributed by atoms with Gasteiger partial charge in [0.1, 0.15) is 6.07 Å². The van der Waals surface area contributed by atoms with Crippen LogP contribution in [0, 0.1) is 11.3 Å². The van der Waals surface area contributed by atoms with Crippen molar-refractivity contribution in [3.8, 4) is 17.6 Å². The van der Waals surface area contributed by atoms with Gasteiger partial charge in [-0.25, -0.2) is 0 Å². The molecule has 0 spiro atoms. The Morgan fingerprint density at radius 2 is 2.08 bits per heavy atom. The monoisotopic (exact) mass is 345 g/mol. The van der Waals surface area contributed by atoms with Gasteiger partial charge in [-0.2, -0.15) is 5.26 Å². The minimum atomic E-state index is -0.289. The van der Waals surface area contributed by atoms with Crippen LogP contribution in [0.4, 0.5) is 0 Å². The molecule has 0 atom stereocenters. The predicted octanol–water partition coefficient (Wildman–Crippen LogP) is 1.59. The summed E-state index contributed by atoms with van der Waals surface area (Å²) >= 11 is 0. The SMILES string of the molecule is COc1cc(/C=C/C(=O)N(C)CC(=O)NC(C)C)ccc1OCC#N. The summed E-state index contributed by atoms with van der Waals surface area (Å²) in [4.78, 5) is 25.1. The molecule has 25 heavy (non-hydrogen) atoms. The van der Waals surface area contributed by atoms with E-state index in [9.17, 15) is 9.59 Å². The first-order chi connectivity index (χ1) is 11.9. The lowest BCUT2D eigenvalue weighted by atomic mass is 10.2. The summed E-state index contributed by atoms with van der Waals surface area (Å²) in [6, 6.07) is 7.02. The second kappa shape index (κ2) is 9.98. The van der Waals surface area contributed by atoms with Crippen molar-refractivity contribution in [3.05, 3.63) is 29.8 Å². The molecular formula is C18H23N3O4. The average Bonchev–Trinajstić information content (AvgIpc) is 2.57. The van der Waals surface area contributed by atoms with E-state index in [1.54, 1.807) is 31.3 Å². The Hall–Kier alpha value is -3.01. The molecule has 7 nitrogen and oxygen atoms in total. The third-order valence-electron chi connectivity index (χ3n) is 3.10. The Labute approximate surface area is 147 Å². The summed E-state index contributed by atoms with van der Waals surface area (Å²) in [5, 5.41) is 11.3. The molecule has 134 valence electrons. The number of carbonyl (C=O) groups excluding carboxylic acids is 2. The van der Waals surface area contributed by atoms with Gasteiger partial charge in [0, 0.05) is 19.2 Å². The molecule has 0 fully saturated rings. The maximum absolute atomic E-state index is 12.1. The second-order valence-electron chi connectivity index (χ2n) is 5.61.